The van der Waals surface area contributed by atoms with E-state index in [1.54, 1.807) is 0 Å². The molecule has 5 nitrogen and oxygen atoms in total. The van der Waals surface area contributed by atoms with Gasteiger partial charge in [-0.15, -0.1) is 0 Å². The van der Waals surface area contributed by atoms with Crippen molar-refractivity contribution in [2.45, 2.75) is 64.8 Å². The third-order valence-corrected chi connectivity index (χ3v) is 6.49. The summed E-state index contributed by atoms with van der Waals surface area (Å²) in [7, 11) is 0. The Hall–Kier alpha value is -2.14. The van der Waals surface area contributed by atoms with Crippen LogP contribution < -0.4 is 21.9 Å². The minimum atomic E-state index is 0.541. The number of benzene rings is 1. The van der Waals surface area contributed by atoms with E-state index < -0.39 is 0 Å². The molecule has 1 fully saturated rings. The van der Waals surface area contributed by atoms with Crippen molar-refractivity contribution < 1.29 is 0 Å². The monoisotopic (exact) mass is 397 g/mol. The zero-order valence-corrected chi connectivity index (χ0v) is 18.3. The molecule has 1 aromatic carbocycles. The molecule has 1 aliphatic carbocycles. The maximum atomic E-state index is 5.75. The van der Waals surface area contributed by atoms with Gasteiger partial charge in [0.05, 0.1) is 12.2 Å². The number of nitrogens with one attached hydrogen (secondary N) is 3. The molecule has 0 aromatic heterocycles. The first-order valence-corrected chi connectivity index (χ1v) is 11.3. The molecule has 1 aromatic rings. The first-order valence-electron chi connectivity index (χ1n) is 11.3. The summed E-state index contributed by atoms with van der Waals surface area (Å²) in [6, 6.07) is 7.03. The summed E-state index contributed by atoms with van der Waals surface area (Å²) in [5.41, 5.74) is 8.78. The first-order chi connectivity index (χ1) is 14.1. The Morgan fingerprint density at radius 2 is 2.14 bits per heavy atom. The van der Waals surface area contributed by atoms with E-state index in [0.29, 0.717) is 12.6 Å². The van der Waals surface area contributed by atoms with Gasteiger partial charge >= 0.3 is 0 Å². The summed E-state index contributed by atoms with van der Waals surface area (Å²) >= 11 is 0. The average Bonchev–Trinajstić information content (AvgIpc) is 3.24. The summed E-state index contributed by atoms with van der Waals surface area (Å²) in [5.74, 6) is 6.56. The van der Waals surface area contributed by atoms with E-state index >= 15 is 0 Å². The highest BCUT2D eigenvalue weighted by Crippen LogP contribution is 2.34. The number of hydrogen-bond acceptors (Lipinski definition) is 5. The van der Waals surface area contributed by atoms with Gasteiger partial charge in [0.25, 0.3) is 0 Å². The Labute approximate surface area is 176 Å². The van der Waals surface area contributed by atoms with Crippen LogP contribution in [0.15, 0.2) is 36.7 Å². The molecule has 5 N–H and O–H groups in total. The molecule has 1 atom stereocenters. The molecule has 0 radical (unpaired) electrons. The standard InChI is InChI=1S/C24H39N5/c1-4-8-18(2)29-14-13-23-22(19(29)3)11-7-12-24(23)27-17-21(28-25)16-26-15-20-9-5-6-10-20/h7,11-12,16,18,20,26-28H,3-6,8-10,13-15,17,25H2,1-2H3/b21-16-. The maximum Gasteiger partial charge on any atom is 0.0606 e. The fourth-order valence-corrected chi connectivity index (χ4v) is 4.77. The van der Waals surface area contributed by atoms with Crippen molar-refractivity contribution >= 4 is 11.4 Å². The van der Waals surface area contributed by atoms with Crippen molar-refractivity contribution in [3.8, 4) is 0 Å². The van der Waals surface area contributed by atoms with Gasteiger partial charge in [-0.3, -0.25) is 5.84 Å². The summed E-state index contributed by atoms with van der Waals surface area (Å²) in [6.07, 6.45) is 10.9. The van der Waals surface area contributed by atoms with Crippen LogP contribution in [0.4, 0.5) is 5.69 Å². The summed E-state index contributed by atoms with van der Waals surface area (Å²) in [5, 5.41) is 7.03. The van der Waals surface area contributed by atoms with Crippen LogP contribution in [0, 0.1) is 5.92 Å². The molecule has 0 amide bonds. The second-order valence-corrected chi connectivity index (χ2v) is 8.59. The Morgan fingerprint density at radius 1 is 1.34 bits per heavy atom. The van der Waals surface area contributed by atoms with E-state index in [1.165, 1.54) is 55.3 Å². The summed E-state index contributed by atoms with van der Waals surface area (Å²) in [4.78, 5) is 2.47. The number of nitrogens with zero attached hydrogens (tertiary/aromatic N) is 1. The van der Waals surface area contributed by atoms with Crippen LogP contribution in [0.3, 0.4) is 0 Å². The van der Waals surface area contributed by atoms with Gasteiger partial charge in [0.1, 0.15) is 0 Å². The third-order valence-electron chi connectivity index (χ3n) is 6.49. The second-order valence-electron chi connectivity index (χ2n) is 8.59. The molecule has 29 heavy (non-hydrogen) atoms. The predicted molar refractivity (Wildman–Crippen MR) is 124 cm³/mol. The van der Waals surface area contributed by atoms with Crippen molar-refractivity contribution in [3.05, 3.63) is 47.8 Å². The first kappa shape index (κ1) is 21.6. The van der Waals surface area contributed by atoms with Gasteiger partial charge in [-0.25, -0.2) is 0 Å². The van der Waals surface area contributed by atoms with Crippen molar-refractivity contribution in [2.75, 3.05) is 25.0 Å². The second kappa shape index (κ2) is 10.6. The molecular formula is C24H39N5. The molecule has 1 aliphatic heterocycles. The Balaban J connectivity index is 1.61. The van der Waals surface area contributed by atoms with Gasteiger partial charge in [0.15, 0.2) is 0 Å². The fourth-order valence-electron chi connectivity index (χ4n) is 4.77. The molecule has 0 saturated heterocycles. The van der Waals surface area contributed by atoms with E-state index in [0.717, 1.165) is 36.8 Å². The van der Waals surface area contributed by atoms with Crippen LogP contribution in [0.2, 0.25) is 0 Å². The van der Waals surface area contributed by atoms with Crippen LogP contribution in [-0.2, 0) is 6.42 Å². The van der Waals surface area contributed by atoms with Crippen molar-refractivity contribution in [1.29, 1.82) is 0 Å². The number of rotatable bonds is 10. The van der Waals surface area contributed by atoms with Crippen LogP contribution in [-0.4, -0.2) is 30.6 Å². The Bertz CT molecular complexity index is 705. The molecule has 2 aliphatic rings. The molecule has 1 saturated carbocycles. The quantitative estimate of drug-likeness (QED) is 0.352. The number of nitrogens with two attached hydrogens (primary N) is 1. The predicted octanol–water partition coefficient (Wildman–Crippen LogP) is 4.20. The van der Waals surface area contributed by atoms with Crippen molar-refractivity contribution in [3.63, 3.8) is 0 Å². The van der Waals surface area contributed by atoms with Crippen LogP contribution >= 0.6 is 0 Å². The van der Waals surface area contributed by atoms with E-state index in [4.69, 9.17) is 5.84 Å². The molecule has 0 bridgehead atoms. The van der Waals surface area contributed by atoms with Crippen molar-refractivity contribution in [1.82, 2.24) is 15.6 Å². The molecule has 1 unspecified atom stereocenters. The minimum Gasteiger partial charge on any atom is -0.389 e. The maximum absolute atomic E-state index is 5.75. The number of anilines is 1. The lowest BCUT2D eigenvalue weighted by atomic mass is 9.93. The fraction of sp³-hybridized carbons (Fsp3) is 0.583. The Kier molecular flexibility index (Phi) is 7.87. The minimum absolute atomic E-state index is 0.541. The summed E-state index contributed by atoms with van der Waals surface area (Å²) < 4.78 is 0. The van der Waals surface area contributed by atoms with Gasteiger partial charge in [-0.05, 0) is 50.2 Å². The molecular weight excluding hydrogens is 358 g/mol. The van der Waals surface area contributed by atoms with Gasteiger partial charge < -0.3 is 21.0 Å². The summed E-state index contributed by atoms with van der Waals surface area (Å²) in [6.45, 7) is 11.7. The van der Waals surface area contributed by atoms with Gasteiger partial charge in [-0.2, -0.15) is 0 Å². The molecule has 160 valence electrons. The van der Waals surface area contributed by atoms with Crippen LogP contribution in [0.5, 0.6) is 0 Å². The molecule has 0 spiro atoms. The number of hydrogen-bond donors (Lipinski definition) is 4. The molecule has 1 heterocycles. The third kappa shape index (κ3) is 5.47. The lowest BCUT2D eigenvalue weighted by molar-refractivity contribution is 0.292. The zero-order chi connectivity index (χ0) is 20.6. The van der Waals surface area contributed by atoms with E-state index in [-0.39, 0.29) is 0 Å². The van der Waals surface area contributed by atoms with E-state index in [1.807, 2.05) is 6.20 Å². The molecule has 5 heteroatoms. The lowest BCUT2D eigenvalue weighted by Gasteiger charge is -2.38. The normalized spacial score (nSPS) is 18.5. The largest absolute Gasteiger partial charge is 0.389 e. The van der Waals surface area contributed by atoms with Crippen LogP contribution in [0.25, 0.3) is 5.70 Å². The van der Waals surface area contributed by atoms with E-state index in [2.05, 4.69) is 59.6 Å². The van der Waals surface area contributed by atoms with Gasteiger partial charge in [0.2, 0.25) is 0 Å². The smallest absolute Gasteiger partial charge is 0.0606 e. The highest BCUT2D eigenvalue weighted by atomic mass is 15.2. The van der Waals surface area contributed by atoms with Gasteiger partial charge in [0, 0.05) is 42.3 Å². The Morgan fingerprint density at radius 3 is 2.86 bits per heavy atom. The van der Waals surface area contributed by atoms with Crippen molar-refractivity contribution in [2.24, 2.45) is 11.8 Å². The molecule has 3 rings (SSSR count). The SMILES string of the molecule is C=C1c2cccc(NC/C(=C/NCC3CCCC3)NN)c2CCN1C(C)CCC. The average molecular weight is 398 g/mol. The number of fused-ring (bicyclic) bond motifs is 1. The van der Waals surface area contributed by atoms with Crippen LogP contribution in [0.1, 0.15) is 63.5 Å². The number of hydrazine groups is 1. The zero-order valence-electron chi connectivity index (χ0n) is 18.3. The lowest BCUT2D eigenvalue weighted by Crippen LogP contribution is -2.36. The highest BCUT2D eigenvalue weighted by Gasteiger charge is 2.24. The highest BCUT2D eigenvalue weighted by molar-refractivity contribution is 5.73. The van der Waals surface area contributed by atoms with E-state index in [9.17, 15) is 0 Å². The van der Waals surface area contributed by atoms with Gasteiger partial charge in [-0.1, -0.05) is 44.9 Å². The topological polar surface area (TPSA) is 65.3 Å².